The predicted molar refractivity (Wildman–Crippen MR) is 75.4 cm³/mol. The molecule has 1 unspecified atom stereocenters. The van der Waals surface area contributed by atoms with Gasteiger partial charge < -0.3 is 14.8 Å². The molecule has 0 aliphatic carbocycles. The molecule has 8 heteroatoms. The summed E-state index contributed by atoms with van der Waals surface area (Å²) < 4.78 is 45.0. The van der Waals surface area contributed by atoms with Crippen LogP contribution in [0.2, 0.25) is 0 Å². The zero-order valence-corrected chi connectivity index (χ0v) is 11.9. The molecule has 2 rings (SSSR count). The minimum absolute atomic E-state index is 0.184. The van der Waals surface area contributed by atoms with Crippen LogP contribution in [-0.4, -0.2) is 29.0 Å². The minimum atomic E-state index is -4.92. The molecular weight excluding hydrogens is 313 g/mol. The fraction of sp³-hybridized carbons (Fsp3) is 0.267. The number of carbonyl (C=O) groups excluding carboxylic acids is 1. The quantitative estimate of drug-likeness (QED) is 0.790. The summed E-state index contributed by atoms with van der Waals surface area (Å²) in [6.07, 6.45) is -4.93. The van der Waals surface area contributed by atoms with Gasteiger partial charge in [0.2, 0.25) is 5.54 Å². The molecule has 1 atom stereocenters. The van der Waals surface area contributed by atoms with Crippen molar-refractivity contribution in [1.82, 2.24) is 10.3 Å². The van der Waals surface area contributed by atoms with Gasteiger partial charge >= 0.3 is 12.3 Å². The maximum Gasteiger partial charge on any atom is 0.419 e. The molecule has 0 bridgehead atoms. The molecule has 0 spiro atoms. The van der Waals surface area contributed by atoms with Crippen molar-refractivity contribution in [3.63, 3.8) is 0 Å². The van der Waals surface area contributed by atoms with E-state index in [0.717, 1.165) is 6.07 Å². The smallest absolute Gasteiger partial charge is 0.419 e. The Hall–Kier alpha value is -2.48. The van der Waals surface area contributed by atoms with Crippen molar-refractivity contribution >= 4 is 6.09 Å². The summed E-state index contributed by atoms with van der Waals surface area (Å²) >= 11 is 0. The van der Waals surface area contributed by atoms with Gasteiger partial charge in [-0.15, -0.1) is 0 Å². The number of hydrogen-bond donors (Lipinski definition) is 3. The first-order valence-electron chi connectivity index (χ1n) is 6.69. The molecule has 23 heavy (non-hydrogen) atoms. The molecule has 0 fully saturated rings. The van der Waals surface area contributed by atoms with Gasteiger partial charge in [-0.2, -0.15) is 13.2 Å². The first kappa shape index (κ1) is 16.9. The highest BCUT2D eigenvalue weighted by Gasteiger charge is 2.58. The number of hydrogen-bond acceptors (Lipinski definition) is 3. The van der Waals surface area contributed by atoms with E-state index in [-0.39, 0.29) is 12.3 Å². The molecule has 0 saturated heterocycles. The van der Waals surface area contributed by atoms with Crippen LogP contribution >= 0.6 is 0 Å². The number of amides is 1. The minimum Gasteiger partial charge on any atom is -0.445 e. The van der Waals surface area contributed by atoms with E-state index in [4.69, 9.17) is 4.74 Å². The van der Waals surface area contributed by atoms with Crippen LogP contribution < -0.4 is 5.32 Å². The highest BCUT2D eigenvalue weighted by molar-refractivity contribution is 5.69. The zero-order valence-electron chi connectivity index (χ0n) is 11.9. The number of H-pyrrole nitrogens is 1. The molecule has 0 radical (unpaired) electrons. The standard InChI is InChI=1S/C15H15F3N2O3/c16-15(17,18)14(10-21,12-7-4-8-19-12)20-13(22)23-9-11-5-2-1-3-6-11/h1-8,19,21H,9-10H2,(H,20,22). The van der Waals surface area contributed by atoms with Gasteiger partial charge in [0.15, 0.2) is 0 Å². The number of benzene rings is 1. The van der Waals surface area contributed by atoms with Crippen LogP contribution in [0.5, 0.6) is 0 Å². The van der Waals surface area contributed by atoms with Crippen LogP contribution in [0.4, 0.5) is 18.0 Å². The van der Waals surface area contributed by atoms with Crippen molar-refractivity contribution in [2.45, 2.75) is 18.3 Å². The summed E-state index contributed by atoms with van der Waals surface area (Å²) in [6.45, 7) is -1.55. The van der Waals surface area contributed by atoms with Crippen LogP contribution in [-0.2, 0) is 16.9 Å². The van der Waals surface area contributed by atoms with Crippen LogP contribution in [0, 0.1) is 0 Å². The molecule has 3 N–H and O–H groups in total. The fourth-order valence-electron chi connectivity index (χ4n) is 2.03. The van der Waals surface area contributed by atoms with E-state index >= 15 is 0 Å². The summed E-state index contributed by atoms with van der Waals surface area (Å²) in [5, 5.41) is 11.0. The molecule has 1 aromatic heterocycles. The van der Waals surface area contributed by atoms with Gasteiger partial charge in [0.05, 0.1) is 12.3 Å². The molecule has 1 aromatic carbocycles. The Bertz CT molecular complexity index is 629. The molecule has 1 heterocycles. The highest BCUT2D eigenvalue weighted by atomic mass is 19.4. The molecule has 0 aliphatic rings. The van der Waals surface area contributed by atoms with Gasteiger partial charge in [-0.25, -0.2) is 4.79 Å². The molecule has 0 aliphatic heterocycles. The Morgan fingerprint density at radius 2 is 1.87 bits per heavy atom. The van der Waals surface area contributed by atoms with Crippen LogP contribution in [0.1, 0.15) is 11.3 Å². The number of aliphatic hydroxyl groups is 1. The fourth-order valence-corrected chi connectivity index (χ4v) is 2.03. The summed E-state index contributed by atoms with van der Waals surface area (Å²) in [4.78, 5) is 14.1. The number of aromatic nitrogens is 1. The summed E-state index contributed by atoms with van der Waals surface area (Å²) in [5.41, 5.74) is -2.71. The van der Waals surface area contributed by atoms with Gasteiger partial charge in [0, 0.05) is 6.20 Å². The number of rotatable bonds is 5. The van der Waals surface area contributed by atoms with Gasteiger partial charge in [-0.05, 0) is 17.7 Å². The monoisotopic (exact) mass is 328 g/mol. The lowest BCUT2D eigenvalue weighted by Crippen LogP contribution is -2.58. The average molecular weight is 328 g/mol. The molecule has 5 nitrogen and oxygen atoms in total. The van der Waals surface area contributed by atoms with Gasteiger partial charge in [-0.1, -0.05) is 30.3 Å². The number of aromatic amines is 1. The third kappa shape index (κ3) is 3.65. The van der Waals surface area contributed by atoms with Gasteiger partial charge in [-0.3, -0.25) is 5.32 Å². The number of nitrogens with one attached hydrogen (secondary N) is 2. The van der Waals surface area contributed by atoms with Crippen molar-refractivity contribution in [2.75, 3.05) is 6.61 Å². The van der Waals surface area contributed by atoms with Crippen LogP contribution in [0.25, 0.3) is 0 Å². The van der Waals surface area contributed by atoms with E-state index in [1.165, 1.54) is 12.3 Å². The van der Waals surface area contributed by atoms with E-state index < -0.39 is 24.4 Å². The van der Waals surface area contributed by atoms with E-state index in [9.17, 15) is 23.1 Å². The van der Waals surface area contributed by atoms with Crippen LogP contribution in [0.3, 0.4) is 0 Å². The third-order valence-corrected chi connectivity index (χ3v) is 3.31. The number of alkyl carbamates (subject to hydrolysis) is 1. The van der Waals surface area contributed by atoms with Crippen molar-refractivity contribution in [2.24, 2.45) is 0 Å². The molecule has 1 amide bonds. The van der Waals surface area contributed by atoms with Gasteiger partial charge in [0.1, 0.15) is 6.61 Å². The summed E-state index contributed by atoms with van der Waals surface area (Å²) in [5.74, 6) is 0. The zero-order chi connectivity index (χ0) is 16.9. The summed E-state index contributed by atoms with van der Waals surface area (Å²) in [6, 6.07) is 11.0. The number of aliphatic hydroxyl groups excluding tert-OH is 1. The lowest BCUT2D eigenvalue weighted by Gasteiger charge is -2.33. The van der Waals surface area contributed by atoms with E-state index in [0.29, 0.717) is 5.56 Å². The molecule has 0 saturated carbocycles. The topological polar surface area (TPSA) is 74.4 Å². The number of carbonyl (C=O) groups is 1. The molecule has 124 valence electrons. The second kappa shape index (κ2) is 6.74. The number of alkyl halides is 3. The van der Waals surface area contributed by atoms with Crippen molar-refractivity contribution in [3.8, 4) is 0 Å². The average Bonchev–Trinajstić information content (AvgIpc) is 3.05. The predicted octanol–water partition coefficient (Wildman–Crippen LogP) is 2.69. The second-order valence-corrected chi connectivity index (χ2v) is 4.83. The Morgan fingerprint density at radius 3 is 2.39 bits per heavy atom. The first-order valence-corrected chi connectivity index (χ1v) is 6.69. The van der Waals surface area contributed by atoms with Crippen LogP contribution in [0.15, 0.2) is 48.7 Å². The van der Waals surface area contributed by atoms with Crippen molar-refractivity contribution < 1.29 is 27.8 Å². The normalized spacial score (nSPS) is 14.1. The van der Waals surface area contributed by atoms with E-state index in [1.807, 2.05) is 0 Å². The highest BCUT2D eigenvalue weighted by Crippen LogP contribution is 2.38. The van der Waals surface area contributed by atoms with Crippen molar-refractivity contribution in [1.29, 1.82) is 0 Å². The lowest BCUT2D eigenvalue weighted by atomic mass is 9.95. The summed E-state index contributed by atoms with van der Waals surface area (Å²) in [7, 11) is 0. The lowest BCUT2D eigenvalue weighted by molar-refractivity contribution is -0.210. The Morgan fingerprint density at radius 1 is 1.17 bits per heavy atom. The molecule has 2 aromatic rings. The Labute approximate surface area is 130 Å². The Kier molecular flexibility index (Phi) is 4.95. The molecular formula is C15H15F3N2O3. The largest absolute Gasteiger partial charge is 0.445 e. The maximum atomic E-state index is 13.4. The van der Waals surface area contributed by atoms with E-state index in [1.54, 1.807) is 35.6 Å². The number of ether oxygens (including phenoxy) is 1. The Balaban J connectivity index is 2.13. The van der Waals surface area contributed by atoms with Crippen molar-refractivity contribution in [3.05, 3.63) is 59.9 Å². The maximum absolute atomic E-state index is 13.4. The SMILES string of the molecule is O=C(NC(CO)(c1ccc[nH]1)C(F)(F)F)OCc1ccccc1. The van der Waals surface area contributed by atoms with Gasteiger partial charge in [0.25, 0.3) is 0 Å². The first-order chi connectivity index (χ1) is 10.9. The second-order valence-electron chi connectivity index (χ2n) is 4.83. The van der Waals surface area contributed by atoms with E-state index in [2.05, 4.69) is 4.98 Å². The number of halogens is 3. The third-order valence-electron chi connectivity index (χ3n) is 3.31.